The Morgan fingerprint density at radius 2 is 2.43 bits per heavy atom. The van der Waals surface area contributed by atoms with Crippen LogP contribution >= 0.6 is 15.9 Å². The SMILES string of the molecule is CNCC1CCCc2c(Br)nc(C)n21. The van der Waals surface area contributed by atoms with Gasteiger partial charge >= 0.3 is 0 Å². The number of likely N-dealkylation sites (N-methyl/N-ethyl adjacent to an activating group) is 1. The van der Waals surface area contributed by atoms with Gasteiger partial charge in [-0.05, 0) is 49.2 Å². The number of aryl methyl sites for hydroxylation is 1. The van der Waals surface area contributed by atoms with E-state index in [1.165, 1.54) is 18.5 Å². The third-order valence-electron chi connectivity index (χ3n) is 2.89. The molecule has 0 spiro atoms. The molecule has 0 saturated heterocycles. The van der Waals surface area contributed by atoms with Crippen LogP contribution in [0, 0.1) is 6.92 Å². The van der Waals surface area contributed by atoms with E-state index in [4.69, 9.17) is 0 Å². The molecule has 0 saturated carbocycles. The summed E-state index contributed by atoms with van der Waals surface area (Å²) in [6.07, 6.45) is 3.69. The van der Waals surface area contributed by atoms with Crippen LogP contribution in [-0.2, 0) is 6.42 Å². The average molecular weight is 258 g/mol. The largest absolute Gasteiger partial charge is 0.327 e. The molecule has 0 fully saturated rings. The Balaban J connectivity index is 2.37. The first-order chi connectivity index (χ1) is 6.74. The molecule has 1 aromatic rings. The first-order valence-electron chi connectivity index (χ1n) is 5.12. The van der Waals surface area contributed by atoms with E-state index in [0.29, 0.717) is 6.04 Å². The van der Waals surface area contributed by atoms with Crippen LogP contribution in [0.15, 0.2) is 4.60 Å². The van der Waals surface area contributed by atoms with Crippen LogP contribution in [-0.4, -0.2) is 23.1 Å². The number of hydrogen-bond acceptors (Lipinski definition) is 2. The van der Waals surface area contributed by atoms with E-state index >= 15 is 0 Å². The van der Waals surface area contributed by atoms with Gasteiger partial charge in [-0.25, -0.2) is 4.98 Å². The third kappa shape index (κ3) is 1.61. The van der Waals surface area contributed by atoms with Gasteiger partial charge in [0.1, 0.15) is 10.4 Å². The Hall–Kier alpha value is -0.350. The van der Waals surface area contributed by atoms with Crippen molar-refractivity contribution in [2.45, 2.75) is 32.2 Å². The lowest BCUT2D eigenvalue weighted by Gasteiger charge is -2.26. The Morgan fingerprint density at radius 3 is 3.14 bits per heavy atom. The van der Waals surface area contributed by atoms with Crippen molar-refractivity contribution in [1.82, 2.24) is 14.9 Å². The predicted octanol–water partition coefficient (Wildman–Crippen LogP) is 2.05. The summed E-state index contributed by atoms with van der Waals surface area (Å²) in [4.78, 5) is 4.48. The van der Waals surface area contributed by atoms with E-state index in [0.717, 1.165) is 23.4 Å². The molecule has 14 heavy (non-hydrogen) atoms. The molecule has 1 N–H and O–H groups in total. The van der Waals surface area contributed by atoms with E-state index in [2.05, 4.69) is 37.7 Å². The summed E-state index contributed by atoms with van der Waals surface area (Å²) >= 11 is 3.53. The van der Waals surface area contributed by atoms with Crippen molar-refractivity contribution < 1.29 is 0 Å². The van der Waals surface area contributed by atoms with Crippen LogP contribution in [0.4, 0.5) is 0 Å². The van der Waals surface area contributed by atoms with Gasteiger partial charge in [0.25, 0.3) is 0 Å². The van der Waals surface area contributed by atoms with Crippen LogP contribution in [0.3, 0.4) is 0 Å². The van der Waals surface area contributed by atoms with Crippen molar-refractivity contribution in [1.29, 1.82) is 0 Å². The van der Waals surface area contributed by atoms with E-state index in [1.54, 1.807) is 0 Å². The molecule has 2 rings (SSSR count). The number of nitrogens with zero attached hydrogens (tertiary/aromatic N) is 2. The van der Waals surface area contributed by atoms with E-state index in [9.17, 15) is 0 Å². The lowest BCUT2D eigenvalue weighted by Crippen LogP contribution is -2.27. The highest BCUT2D eigenvalue weighted by atomic mass is 79.9. The molecule has 0 amide bonds. The molecule has 1 aliphatic heterocycles. The highest BCUT2D eigenvalue weighted by molar-refractivity contribution is 9.10. The highest BCUT2D eigenvalue weighted by Crippen LogP contribution is 2.30. The fourth-order valence-corrected chi connectivity index (χ4v) is 2.97. The zero-order valence-electron chi connectivity index (χ0n) is 8.68. The second-order valence-corrected chi connectivity index (χ2v) is 4.62. The average Bonchev–Trinajstić information content (AvgIpc) is 2.44. The topological polar surface area (TPSA) is 29.9 Å². The van der Waals surface area contributed by atoms with Crippen molar-refractivity contribution >= 4 is 15.9 Å². The molecule has 3 nitrogen and oxygen atoms in total. The molecule has 0 aromatic carbocycles. The molecule has 1 unspecified atom stereocenters. The highest BCUT2D eigenvalue weighted by Gasteiger charge is 2.23. The Kier molecular flexibility index (Phi) is 2.93. The standard InChI is InChI=1S/C10H16BrN3/c1-7-13-10(11)9-5-3-4-8(6-12-2)14(7)9/h8,12H,3-6H2,1-2H3. The quantitative estimate of drug-likeness (QED) is 0.879. The van der Waals surface area contributed by atoms with Gasteiger partial charge in [0.15, 0.2) is 0 Å². The lowest BCUT2D eigenvalue weighted by atomic mass is 10.0. The maximum Gasteiger partial charge on any atom is 0.127 e. The molecule has 4 heteroatoms. The monoisotopic (exact) mass is 257 g/mol. The van der Waals surface area contributed by atoms with Crippen molar-refractivity contribution in [2.75, 3.05) is 13.6 Å². The number of fused-ring (bicyclic) bond motifs is 1. The van der Waals surface area contributed by atoms with Gasteiger partial charge in [-0.3, -0.25) is 0 Å². The number of halogens is 1. The van der Waals surface area contributed by atoms with Gasteiger partial charge < -0.3 is 9.88 Å². The lowest BCUT2D eigenvalue weighted by molar-refractivity contribution is 0.383. The number of hydrogen-bond donors (Lipinski definition) is 1. The zero-order valence-corrected chi connectivity index (χ0v) is 10.3. The first-order valence-corrected chi connectivity index (χ1v) is 5.91. The molecule has 1 aromatic heterocycles. The van der Waals surface area contributed by atoms with Crippen molar-refractivity contribution in [3.8, 4) is 0 Å². The van der Waals surface area contributed by atoms with Crippen molar-refractivity contribution in [3.05, 3.63) is 16.1 Å². The minimum atomic E-state index is 0.586. The smallest absolute Gasteiger partial charge is 0.127 e. The summed E-state index contributed by atoms with van der Waals surface area (Å²) in [5.41, 5.74) is 1.37. The second-order valence-electron chi connectivity index (χ2n) is 3.87. The predicted molar refractivity (Wildman–Crippen MR) is 60.6 cm³/mol. The Morgan fingerprint density at radius 1 is 1.64 bits per heavy atom. The van der Waals surface area contributed by atoms with Gasteiger partial charge in [-0.1, -0.05) is 0 Å². The van der Waals surface area contributed by atoms with Crippen LogP contribution in [0.2, 0.25) is 0 Å². The Labute approximate surface area is 93.0 Å². The van der Waals surface area contributed by atoms with E-state index < -0.39 is 0 Å². The number of imidazole rings is 1. The van der Waals surface area contributed by atoms with E-state index in [1.807, 2.05) is 7.05 Å². The van der Waals surface area contributed by atoms with Gasteiger partial charge in [-0.2, -0.15) is 0 Å². The molecule has 78 valence electrons. The summed E-state index contributed by atoms with van der Waals surface area (Å²) < 4.78 is 3.42. The molecular formula is C10H16BrN3. The Bertz CT molecular complexity index is 332. The van der Waals surface area contributed by atoms with Gasteiger partial charge in [-0.15, -0.1) is 0 Å². The van der Waals surface area contributed by atoms with Crippen LogP contribution in [0.1, 0.15) is 30.4 Å². The number of aromatic nitrogens is 2. The maximum atomic E-state index is 4.48. The molecule has 0 radical (unpaired) electrons. The van der Waals surface area contributed by atoms with Gasteiger partial charge in [0.05, 0.1) is 5.69 Å². The summed E-state index contributed by atoms with van der Waals surface area (Å²) in [6.45, 7) is 3.12. The normalized spacial score (nSPS) is 20.9. The molecule has 1 atom stereocenters. The molecule has 1 aliphatic rings. The first kappa shape index (κ1) is 10.2. The summed E-state index contributed by atoms with van der Waals surface area (Å²) in [7, 11) is 2.01. The summed E-state index contributed by atoms with van der Waals surface area (Å²) in [5, 5.41) is 3.25. The van der Waals surface area contributed by atoms with Crippen LogP contribution < -0.4 is 5.32 Å². The molecular weight excluding hydrogens is 242 g/mol. The molecule has 0 bridgehead atoms. The van der Waals surface area contributed by atoms with Gasteiger partial charge in [0, 0.05) is 12.6 Å². The minimum Gasteiger partial charge on any atom is -0.327 e. The number of nitrogens with one attached hydrogen (secondary N) is 1. The summed E-state index contributed by atoms with van der Waals surface area (Å²) in [6, 6.07) is 0.586. The summed E-state index contributed by atoms with van der Waals surface area (Å²) in [5.74, 6) is 1.13. The van der Waals surface area contributed by atoms with Crippen LogP contribution in [0.5, 0.6) is 0 Å². The zero-order chi connectivity index (χ0) is 10.1. The van der Waals surface area contributed by atoms with Crippen molar-refractivity contribution in [3.63, 3.8) is 0 Å². The van der Waals surface area contributed by atoms with Gasteiger partial charge in [0.2, 0.25) is 0 Å². The third-order valence-corrected chi connectivity index (χ3v) is 3.53. The number of rotatable bonds is 2. The fourth-order valence-electron chi connectivity index (χ4n) is 2.33. The second kappa shape index (κ2) is 4.03. The van der Waals surface area contributed by atoms with E-state index in [-0.39, 0.29) is 0 Å². The van der Waals surface area contributed by atoms with Crippen LogP contribution in [0.25, 0.3) is 0 Å². The maximum absolute atomic E-state index is 4.48. The fraction of sp³-hybridized carbons (Fsp3) is 0.700. The minimum absolute atomic E-state index is 0.586. The van der Waals surface area contributed by atoms with Crippen molar-refractivity contribution in [2.24, 2.45) is 0 Å². The molecule has 0 aliphatic carbocycles. The molecule has 2 heterocycles.